The standard InChI is InChI=1S/C10H14N4S/c1-8(11)9-6-12-7-14(9)4-2-10-13-3-5-15-10/h3,5-8H,2,4,11H2,1H3/t8-/m0/s1. The molecule has 0 aliphatic carbocycles. The average Bonchev–Trinajstić information content (AvgIpc) is 2.86. The molecule has 2 N–H and O–H groups in total. The summed E-state index contributed by atoms with van der Waals surface area (Å²) in [5.74, 6) is 0. The summed E-state index contributed by atoms with van der Waals surface area (Å²) in [6.07, 6.45) is 6.42. The number of hydrogen-bond donors (Lipinski definition) is 1. The Morgan fingerprint density at radius 2 is 2.47 bits per heavy atom. The third-order valence-electron chi connectivity index (χ3n) is 2.26. The summed E-state index contributed by atoms with van der Waals surface area (Å²) in [6, 6.07) is 0.0313. The lowest BCUT2D eigenvalue weighted by atomic mass is 10.2. The Hall–Kier alpha value is -1.20. The van der Waals surface area contributed by atoms with Gasteiger partial charge in [-0.25, -0.2) is 9.97 Å². The van der Waals surface area contributed by atoms with Gasteiger partial charge in [0.2, 0.25) is 0 Å². The quantitative estimate of drug-likeness (QED) is 0.855. The fourth-order valence-corrected chi connectivity index (χ4v) is 2.10. The molecule has 0 radical (unpaired) electrons. The highest BCUT2D eigenvalue weighted by Crippen LogP contribution is 2.11. The molecule has 2 rings (SSSR count). The molecule has 4 nitrogen and oxygen atoms in total. The van der Waals surface area contributed by atoms with Crippen LogP contribution in [0, 0.1) is 0 Å². The second kappa shape index (κ2) is 4.55. The number of aryl methyl sites for hydroxylation is 2. The zero-order valence-corrected chi connectivity index (χ0v) is 9.44. The SMILES string of the molecule is C[C@H](N)c1cncn1CCc1nccs1. The maximum absolute atomic E-state index is 5.83. The summed E-state index contributed by atoms with van der Waals surface area (Å²) < 4.78 is 2.09. The van der Waals surface area contributed by atoms with Crippen LogP contribution >= 0.6 is 11.3 Å². The van der Waals surface area contributed by atoms with Crippen LogP contribution in [0.4, 0.5) is 0 Å². The Kier molecular flexibility index (Phi) is 3.13. The van der Waals surface area contributed by atoms with Gasteiger partial charge in [-0.3, -0.25) is 0 Å². The third-order valence-corrected chi connectivity index (χ3v) is 3.10. The minimum Gasteiger partial charge on any atom is -0.333 e. The lowest BCUT2D eigenvalue weighted by Crippen LogP contribution is -2.12. The van der Waals surface area contributed by atoms with Gasteiger partial charge in [-0.15, -0.1) is 11.3 Å². The van der Waals surface area contributed by atoms with Crippen LogP contribution in [0.2, 0.25) is 0 Å². The molecule has 0 bridgehead atoms. The predicted molar refractivity (Wildman–Crippen MR) is 60.6 cm³/mol. The predicted octanol–water partition coefficient (Wildman–Crippen LogP) is 1.60. The molecule has 0 unspecified atom stereocenters. The first kappa shape index (κ1) is 10.3. The number of imidazole rings is 1. The van der Waals surface area contributed by atoms with Crippen molar-refractivity contribution in [1.82, 2.24) is 14.5 Å². The molecule has 0 saturated carbocycles. The van der Waals surface area contributed by atoms with Crippen LogP contribution in [-0.2, 0) is 13.0 Å². The van der Waals surface area contributed by atoms with Crippen LogP contribution in [0.25, 0.3) is 0 Å². The average molecular weight is 222 g/mol. The summed E-state index contributed by atoms with van der Waals surface area (Å²) in [5.41, 5.74) is 6.91. The molecule has 2 aromatic rings. The molecule has 0 aliphatic rings. The van der Waals surface area contributed by atoms with Crippen LogP contribution < -0.4 is 5.73 Å². The van der Waals surface area contributed by atoms with Gasteiger partial charge >= 0.3 is 0 Å². The van der Waals surface area contributed by atoms with Crippen molar-refractivity contribution in [2.75, 3.05) is 0 Å². The first-order valence-electron chi connectivity index (χ1n) is 4.91. The van der Waals surface area contributed by atoms with E-state index in [9.17, 15) is 0 Å². The lowest BCUT2D eigenvalue weighted by Gasteiger charge is -2.09. The number of rotatable bonds is 4. The maximum Gasteiger partial charge on any atom is 0.0948 e. The highest BCUT2D eigenvalue weighted by molar-refractivity contribution is 7.09. The fraction of sp³-hybridized carbons (Fsp3) is 0.400. The molecular formula is C10H14N4S. The Bertz CT molecular complexity index is 405. The van der Waals surface area contributed by atoms with E-state index in [4.69, 9.17) is 5.73 Å². The van der Waals surface area contributed by atoms with Crippen LogP contribution in [0.1, 0.15) is 23.7 Å². The first-order chi connectivity index (χ1) is 7.27. The molecule has 15 heavy (non-hydrogen) atoms. The van der Waals surface area contributed by atoms with E-state index in [1.807, 2.05) is 31.0 Å². The highest BCUT2D eigenvalue weighted by atomic mass is 32.1. The largest absolute Gasteiger partial charge is 0.333 e. The van der Waals surface area contributed by atoms with Crippen LogP contribution in [0.5, 0.6) is 0 Å². The molecule has 0 aromatic carbocycles. The third kappa shape index (κ3) is 2.43. The molecule has 5 heteroatoms. The number of hydrogen-bond acceptors (Lipinski definition) is 4. The molecule has 2 heterocycles. The van der Waals surface area contributed by atoms with E-state index in [0.717, 1.165) is 23.7 Å². The van der Waals surface area contributed by atoms with E-state index < -0.39 is 0 Å². The Labute approximate surface area is 92.8 Å². The van der Waals surface area contributed by atoms with Crippen molar-refractivity contribution >= 4 is 11.3 Å². The summed E-state index contributed by atoms with van der Waals surface area (Å²) in [5, 5.41) is 3.15. The van der Waals surface area contributed by atoms with Crippen molar-refractivity contribution in [2.45, 2.75) is 25.9 Å². The van der Waals surface area contributed by atoms with Gasteiger partial charge in [0, 0.05) is 36.8 Å². The number of nitrogens with two attached hydrogens (primary N) is 1. The zero-order chi connectivity index (χ0) is 10.7. The van der Waals surface area contributed by atoms with E-state index in [0.29, 0.717) is 0 Å². The smallest absolute Gasteiger partial charge is 0.0948 e. The monoisotopic (exact) mass is 222 g/mol. The van der Waals surface area contributed by atoms with Gasteiger partial charge in [0.15, 0.2) is 0 Å². The minimum atomic E-state index is 0.0313. The van der Waals surface area contributed by atoms with Gasteiger partial charge in [0.1, 0.15) is 0 Å². The van der Waals surface area contributed by atoms with Crippen molar-refractivity contribution in [3.8, 4) is 0 Å². The Morgan fingerprint density at radius 3 is 3.13 bits per heavy atom. The Balaban J connectivity index is 2.02. The van der Waals surface area contributed by atoms with Gasteiger partial charge < -0.3 is 10.3 Å². The topological polar surface area (TPSA) is 56.7 Å². The van der Waals surface area contributed by atoms with Gasteiger partial charge in [0.25, 0.3) is 0 Å². The van der Waals surface area contributed by atoms with E-state index in [1.165, 1.54) is 0 Å². The van der Waals surface area contributed by atoms with Gasteiger partial charge in [-0.1, -0.05) is 0 Å². The second-order valence-corrected chi connectivity index (χ2v) is 4.46. The van der Waals surface area contributed by atoms with Gasteiger partial charge in [-0.2, -0.15) is 0 Å². The van der Waals surface area contributed by atoms with Crippen LogP contribution in [-0.4, -0.2) is 14.5 Å². The van der Waals surface area contributed by atoms with Crippen molar-refractivity contribution < 1.29 is 0 Å². The van der Waals surface area contributed by atoms with Crippen molar-refractivity contribution in [1.29, 1.82) is 0 Å². The summed E-state index contributed by atoms with van der Waals surface area (Å²) in [7, 11) is 0. The number of aromatic nitrogens is 3. The number of thiazole rings is 1. The second-order valence-electron chi connectivity index (χ2n) is 3.48. The van der Waals surface area contributed by atoms with Crippen molar-refractivity contribution in [3.63, 3.8) is 0 Å². The van der Waals surface area contributed by atoms with Crippen LogP contribution in [0.15, 0.2) is 24.1 Å². The molecule has 0 amide bonds. The first-order valence-corrected chi connectivity index (χ1v) is 5.79. The molecule has 80 valence electrons. The Morgan fingerprint density at radius 1 is 1.60 bits per heavy atom. The van der Waals surface area contributed by atoms with E-state index >= 15 is 0 Å². The van der Waals surface area contributed by atoms with Gasteiger partial charge in [0.05, 0.1) is 17.0 Å². The number of nitrogens with zero attached hydrogens (tertiary/aromatic N) is 3. The summed E-state index contributed by atoms with van der Waals surface area (Å²) in [6.45, 7) is 2.86. The lowest BCUT2D eigenvalue weighted by molar-refractivity contribution is 0.622. The van der Waals surface area contributed by atoms with Crippen LogP contribution in [0.3, 0.4) is 0 Å². The molecule has 0 aliphatic heterocycles. The van der Waals surface area contributed by atoms with E-state index in [1.54, 1.807) is 11.3 Å². The molecule has 1 atom stereocenters. The molecular weight excluding hydrogens is 208 g/mol. The zero-order valence-electron chi connectivity index (χ0n) is 8.63. The molecule has 0 spiro atoms. The fourth-order valence-electron chi connectivity index (χ4n) is 1.49. The van der Waals surface area contributed by atoms with Crippen molar-refractivity contribution in [3.05, 3.63) is 34.8 Å². The highest BCUT2D eigenvalue weighted by Gasteiger charge is 2.06. The van der Waals surface area contributed by atoms with Crippen molar-refractivity contribution in [2.24, 2.45) is 5.73 Å². The molecule has 2 aromatic heterocycles. The summed E-state index contributed by atoms with van der Waals surface area (Å²) in [4.78, 5) is 8.35. The normalized spacial score (nSPS) is 12.9. The minimum absolute atomic E-state index is 0.0313. The van der Waals surface area contributed by atoms with E-state index in [-0.39, 0.29) is 6.04 Å². The summed E-state index contributed by atoms with van der Waals surface area (Å²) >= 11 is 1.68. The molecule has 0 fully saturated rings. The molecule has 0 saturated heterocycles. The van der Waals surface area contributed by atoms with E-state index in [2.05, 4.69) is 14.5 Å². The van der Waals surface area contributed by atoms with Gasteiger partial charge in [-0.05, 0) is 6.92 Å². The maximum atomic E-state index is 5.83.